The summed E-state index contributed by atoms with van der Waals surface area (Å²) in [6.07, 6.45) is 0. The third-order valence-electron chi connectivity index (χ3n) is 2.43. The fraction of sp³-hybridized carbons (Fsp3) is 0. The van der Waals surface area contributed by atoms with E-state index < -0.39 is 0 Å². The first kappa shape index (κ1) is 14.0. The number of carbonyl (C=O) groups is 1. The highest BCUT2D eigenvalue weighted by atomic mass is 79.9. The Labute approximate surface area is 126 Å². The highest BCUT2D eigenvalue weighted by Gasteiger charge is 2.11. The molecule has 0 spiro atoms. The van der Waals surface area contributed by atoms with Crippen LogP contribution in [0.15, 0.2) is 45.3 Å². The van der Waals surface area contributed by atoms with Crippen LogP contribution in [0.5, 0.6) is 0 Å². The molecule has 98 valence electrons. The van der Waals surface area contributed by atoms with Crippen molar-refractivity contribution in [3.05, 3.63) is 56.7 Å². The van der Waals surface area contributed by atoms with Gasteiger partial charge >= 0.3 is 0 Å². The topological polar surface area (TPSA) is 55.1 Å². The zero-order valence-electron chi connectivity index (χ0n) is 9.58. The predicted molar refractivity (Wildman–Crippen MR) is 80.6 cm³/mol. The fourth-order valence-corrected chi connectivity index (χ4v) is 2.87. The molecule has 2 aromatic carbocycles. The molecule has 0 aliphatic heterocycles. The summed E-state index contributed by atoms with van der Waals surface area (Å²) >= 11 is 6.63. The second-order valence-corrected chi connectivity index (χ2v) is 5.58. The SMILES string of the molecule is Nc1cc(Br)cc(Br)c1NC(=O)c1ccc(F)cc1. The summed E-state index contributed by atoms with van der Waals surface area (Å²) in [5.74, 6) is -0.740. The van der Waals surface area contributed by atoms with Crippen LogP contribution in [-0.4, -0.2) is 5.91 Å². The van der Waals surface area contributed by atoms with Gasteiger partial charge < -0.3 is 11.1 Å². The van der Waals surface area contributed by atoms with Gasteiger partial charge in [0, 0.05) is 14.5 Å². The van der Waals surface area contributed by atoms with Crippen LogP contribution in [0.1, 0.15) is 10.4 Å². The predicted octanol–water partition coefficient (Wildman–Crippen LogP) is 4.19. The van der Waals surface area contributed by atoms with Gasteiger partial charge in [0.1, 0.15) is 5.82 Å². The van der Waals surface area contributed by atoms with Gasteiger partial charge in [0.25, 0.3) is 5.91 Å². The smallest absolute Gasteiger partial charge is 0.255 e. The molecule has 6 heteroatoms. The molecule has 0 heterocycles. The van der Waals surface area contributed by atoms with E-state index in [-0.39, 0.29) is 11.7 Å². The summed E-state index contributed by atoms with van der Waals surface area (Å²) in [6.45, 7) is 0. The minimum atomic E-state index is -0.388. The highest BCUT2D eigenvalue weighted by Crippen LogP contribution is 2.32. The van der Waals surface area contributed by atoms with Crippen molar-refractivity contribution in [1.82, 2.24) is 0 Å². The second-order valence-electron chi connectivity index (χ2n) is 3.81. The number of hydrogen-bond acceptors (Lipinski definition) is 2. The normalized spacial score (nSPS) is 10.3. The first-order valence-electron chi connectivity index (χ1n) is 5.29. The second kappa shape index (κ2) is 5.71. The van der Waals surface area contributed by atoms with E-state index in [0.29, 0.717) is 21.4 Å². The molecule has 0 aliphatic carbocycles. The summed E-state index contributed by atoms with van der Waals surface area (Å²) in [5, 5.41) is 2.69. The summed E-state index contributed by atoms with van der Waals surface area (Å²) in [4.78, 5) is 12.0. The van der Waals surface area contributed by atoms with Crippen LogP contribution in [-0.2, 0) is 0 Å². The minimum Gasteiger partial charge on any atom is -0.397 e. The van der Waals surface area contributed by atoms with Gasteiger partial charge in [-0.3, -0.25) is 4.79 Å². The zero-order valence-corrected chi connectivity index (χ0v) is 12.8. The number of nitrogens with two attached hydrogens (primary N) is 1. The molecule has 3 nitrogen and oxygen atoms in total. The number of anilines is 2. The van der Waals surface area contributed by atoms with Gasteiger partial charge in [-0.1, -0.05) is 15.9 Å². The van der Waals surface area contributed by atoms with Crippen molar-refractivity contribution in [2.75, 3.05) is 11.1 Å². The van der Waals surface area contributed by atoms with Crippen LogP contribution in [0.3, 0.4) is 0 Å². The summed E-state index contributed by atoms with van der Waals surface area (Å²) in [5.41, 5.74) is 7.11. The molecule has 0 radical (unpaired) electrons. The molecular weight excluding hydrogens is 379 g/mol. The third kappa shape index (κ3) is 3.33. The number of benzene rings is 2. The molecule has 3 N–H and O–H groups in total. The van der Waals surface area contributed by atoms with Crippen LogP contribution in [0.25, 0.3) is 0 Å². The minimum absolute atomic E-state index is 0.352. The van der Waals surface area contributed by atoms with Crippen molar-refractivity contribution in [2.24, 2.45) is 0 Å². The highest BCUT2D eigenvalue weighted by molar-refractivity contribution is 9.11. The van der Waals surface area contributed by atoms with Crippen molar-refractivity contribution in [3.63, 3.8) is 0 Å². The van der Waals surface area contributed by atoms with Gasteiger partial charge in [-0.05, 0) is 52.3 Å². The van der Waals surface area contributed by atoms with E-state index in [0.717, 1.165) is 4.47 Å². The Balaban J connectivity index is 2.26. The van der Waals surface area contributed by atoms with Gasteiger partial charge in [-0.2, -0.15) is 0 Å². The van der Waals surface area contributed by atoms with E-state index in [1.54, 1.807) is 12.1 Å². The Bertz CT molecular complexity index is 606. The van der Waals surface area contributed by atoms with Gasteiger partial charge in [0.05, 0.1) is 11.4 Å². The average molecular weight is 388 g/mol. The fourth-order valence-electron chi connectivity index (χ4n) is 1.51. The summed E-state index contributed by atoms with van der Waals surface area (Å²) in [7, 11) is 0. The molecular formula is C13H9Br2FN2O. The Morgan fingerprint density at radius 3 is 2.37 bits per heavy atom. The van der Waals surface area contributed by atoms with E-state index in [1.807, 2.05) is 0 Å². The molecule has 0 fully saturated rings. The first-order valence-corrected chi connectivity index (χ1v) is 6.87. The van der Waals surface area contributed by atoms with Crippen molar-refractivity contribution >= 4 is 49.1 Å². The van der Waals surface area contributed by atoms with Crippen molar-refractivity contribution in [1.29, 1.82) is 0 Å². The van der Waals surface area contributed by atoms with Crippen LogP contribution < -0.4 is 11.1 Å². The van der Waals surface area contributed by atoms with Gasteiger partial charge in [-0.15, -0.1) is 0 Å². The van der Waals surface area contributed by atoms with Crippen molar-refractivity contribution in [2.45, 2.75) is 0 Å². The lowest BCUT2D eigenvalue weighted by atomic mass is 10.2. The standard InChI is InChI=1S/C13H9Br2FN2O/c14-8-5-10(15)12(11(17)6-8)18-13(19)7-1-3-9(16)4-2-7/h1-6H,17H2,(H,18,19). The summed E-state index contributed by atoms with van der Waals surface area (Å²) in [6, 6.07) is 8.74. The molecule has 0 bridgehead atoms. The first-order chi connectivity index (χ1) is 8.97. The largest absolute Gasteiger partial charge is 0.397 e. The third-order valence-corrected chi connectivity index (χ3v) is 3.51. The van der Waals surface area contributed by atoms with E-state index >= 15 is 0 Å². The number of carbonyl (C=O) groups excluding carboxylic acids is 1. The number of amides is 1. The molecule has 0 saturated carbocycles. The molecule has 19 heavy (non-hydrogen) atoms. The molecule has 1 amide bonds. The number of rotatable bonds is 2. The van der Waals surface area contributed by atoms with E-state index in [4.69, 9.17) is 5.73 Å². The maximum absolute atomic E-state index is 12.8. The molecule has 0 atom stereocenters. The lowest BCUT2D eigenvalue weighted by Gasteiger charge is -2.11. The Morgan fingerprint density at radius 2 is 1.79 bits per heavy atom. The monoisotopic (exact) mass is 386 g/mol. The lowest BCUT2D eigenvalue weighted by Crippen LogP contribution is -2.13. The number of hydrogen-bond donors (Lipinski definition) is 2. The molecule has 0 saturated heterocycles. The van der Waals surface area contributed by atoms with Crippen LogP contribution in [0.4, 0.5) is 15.8 Å². The van der Waals surface area contributed by atoms with Crippen molar-refractivity contribution in [3.8, 4) is 0 Å². The molecule has 0 aromatic heterocycles. The Hall–Kier alpha value is -1.40. The number of nitrogen functional groups attached to an aromatic ring is 1. The molecule has 2 aromatic rings. The molecule has 0 aliphatic rings. The van der Waals surface area contributed by atoms with Crippen LogP contribution in [0.2, 0.25) is 0 Å². The molecule has 2 rings (SSSR count). The van der Waals surface area contributed by atoms with Crippen molar-refractivity contribution < 1.29 is 9.18 Å². The number of nitrogens with one attached hydrogen (secondary N) is 1. The van der Waals surface area contributed by atoms with Gasteiger partial charge in [0.15, 0.2) is 0 Å². The van der Waals surface area contributed by atoms with E-state index in [2.05, 4.69) is 37.2 Å². The van der Waals surface area contributed by atoms with Gasteiger partial charge in [0.2, 0.25) is 0 Å². The van der Waals surface area contributed by atoms with Gasteiger partial charge in [-0.25, -0.2) is 4.39 Å². The maximum atomic E-state index is 12.8. The Morgan fingerprint density at radius 1 is 1.16 bits per heavy atom. The Kier molecular flexibility index (Phi) is 4.21. The lowest BCUT2D eigenvalue weighted by molar-refractivity contribution is 0.102. The van der Waals surface area contributed by atoms with Crippen LogP contribution in [0, 0.1) is 5.82 Å². The van der Waals surface area contributed by atoms with E-state index in [1.165, 1.54) is 24.3 Å². The quantitative estimate of drug-likeness (QED) is 0.759. The maximum Gasteiger partial charge on any atom is 0.255 e. The summed E-state index contributed by atoms with van der Waals surface area (Å²) < 4.78 is 14.2. The average Bonchev–Trinajstić information content (AvgIpc) is 2.34. The van der Waals surface area contributed by atoms with Crippen LogP contribution >= 0.6 is 31.9 Å². The molecule has 0 unspecified atom stereocenters. The number of halogens is 3. The van der Waals surface area contributed by atoms with E-state index in [9.17, 15) is 9.18 Å². The zero-order chi connectivity index (χ0) is 14.0.